The highest BCUT2D eigenvalue weighted by Gasteiger charge is 2.56. The average Bonchev–Trinajstić information content (AvgIpc) is 2.58. The summed E-state index contributed by atoms with van der Waals surface area (Å²) < 4.78 is 0. The van der Waals surface area contributed by atoms with Crippen molar-refractivity contribution in [3.8, 4) is 0 Å². The molecule has 0 spiro atoms. The quantitative estimate of drug-likeness (QED) is 0.621. The molecule has 5 rings (SSSR count). The van der Waals surface area contributed by atoms with Gasteiger partial charge in [-0.1, -0.05) is 0 Å². The maximum atomic E-state index is 12.6. The van der Waals surface area contributed by atoms with Crippen molar-refractivity contribution in [1.82, 2.24) is 5.32 Å². The third kappa shape index (κ3) is 2.85. The number of nitro benzene ring substituents is 1. The largest absolute Gasteiger partial charge is 0.480 e. The van der Waals surface area contributed by atoms with E-state index in [1.54, 1.807) is 0 Å². The van der Waals surface area contributed by atoms with E-state index in [1.165, 1.54) is 43.5 Å². The highest BCUT2D eigenvalue weighted by atomic mass is 16.6. The fourth-order valence-electron chi connectivity index (χ4n) is 5.96. The van der Waals surface area contributed by atoms with Crippen LogP contribution in [0.5, 0.6) is 0 Å². The Hall–Kier alpha value is -2.44. The maximum absolute atomic E-state index is 12.6. The lowest BCUT2D eigenvalue weighted by Crippen LogP contribution is -2.59. The van der Waals surface area contributed by atoms with Crippen molar-refractivity contribution in [3.63, 3.8) is 0 Å². The molecule has 0 radical (unpaired) electrons. The molecule has 1 amide bonds. The maximum Gasteiger partial charge on any atom is 0.326 e. The Morgan fingerprint density at radius 3 is 2.00 bits per heavy atom. The minimum Gasteiger partial charge on any atom is -0.480 e. The van der Waals surface area contributed by atoms with Crippen molar-refractivity contribution in [2.24, 2.45) is 23.2 Å². The van der Waals surface area contributed by atoms with Crippen LogP contribution in [-0.2, 0) is 4.79 Å². The third-order valence-corrected chi connectivity index (χ3v) is 6.56. The first-order valence-electron chi connectivity index (χ1n) is 9.14. The van der Waals surface area contributed by atoms with Crippen molar-refractivity contribution < 1.29 is 19.6 Å². The zero-order valence-electron chi connectivity index (χ0n) is 14.4. The lowest BCUT2D eigenvalue weighted by Gasteiger charge is -2.58. The first kappa shape index (κ1) is 17.0. The highest BCUT2D eigenvalue weighted by Crippen LogP contribution is 2.61. The Morgan fingerprint density at radius 1 is 1.08 bits per heavy atom. The Morgan fingerprint density at radius 2 is 1.58 bits per heavy atom. The van der Waals surface area contributed by atoms with E-state index >= 15 is 0 Å². The number of benzene rings is 1. The summed E-state index contributed by atoms with van der Waals surface area (Å²) in [5, 5.41) is 23.3. The average molecular weight is 358 g/mol. The van der Waals surface area contributed by atoms with Crippen LogP contribution >= 0.6 is 0 Å². The number of hydrogen-bond donors (Lipinski definition) is 2. The predicted octanol–water partition coefficient (Wildman–Crippen LogP) is 2.99. The molecule has 4 bridgehead atoms. The van der Waals surface area contributed by atoms with Gasteiger partial charge >= 0.3 is 5.97 Å². The van der Waals surface area contributed by atoms with Gasteiger partial charge in [0.25, 0.3) is 11.6 Å². The van der Waals surface area contributed by atoms with Crippen LogP contribution in [0.25, 0.3) is 0 Å². The number of carbonyl (C=O) groups excluding carboxylic acids is 1. The molecule has 4 aliphatic rings. The molecular weight excluding hydrogens is 336 g/mol. The number of nitrogens with one attached hydrogen (secondary N) is 1. The van der Waals surface area contributed by atoms with Gasteiger partial charge in [-0.25, -0.2) is 4.79 Å². The van der Waals surface area contributed by atoms with Crippen LogP contribution < -0.4 is 5.32 Å². The molecule has 4 fully saturated rings. The summed E-state index contributed by atoms with van der Waals surface area (Å²) in [6, 6.07) is 4.35. The number of nitro groups is 1. The monoisotopic (exact) mass is 358 g/mol. The number of carboxylic acid groups (broad SMARTS) is 1. The van der Waals surface area contributed by atoms with Crippen molar-refractivity contribution >= 4 is 17.6 Å². The van der Waals surface area contributed by atoms with Gasteiger partial charge in [-0.15, -0.1) is 0 Å². The number of hydrogen-bond acceptors (Lipinski definition) is 4. The van der Waals surface area contributed by atoms with Crippen LogP contribution in [0.4, 0.5) is 5.69 Å². The van der Waals surface area contributed by atoms with Crippen LogP contribution in [-0.4, -0.2) is 27.9 Å². The lowest BCUT2D eigenvalue weighted by atomic mass is 9.47. The van der Waals surface area contributed by atoms with E-state index in [1.807, 2.05) is 0 Å². The molecule has 2 N–H and O–H groups in total. The third-order valence-electron chi connectivity index (χ3n) is 6.56. The minimum atomic E-state index is -0.984. The van der Waals surface area contributed by atoms with Gasteiger partial charge in [0.1, 0.15) is 6.04 Å². The van der Waals surface area contributed by atoms with E-state index in [0.717, 1.165) is 19.3 Å². The molecule has 1 unspecified atom stereocenters. The molecule has 4 saturated carbocycles. The number of non-ortho nitro benzene ring substituents is 1. The van der Waals surface area contributed by atoms with Gasteiger partial charge in [0, 0.05) is 23.1 Å². The molecule has 1 aromatic carbocycles. The Bertz CT molecular complexity index is 722. The van der Waals surface area contributed by atoms with Crippen molar-refractivity contribution in [2.75, 3.05) is 0 Å². The second-order valence-electron chi connectivity index (χ2n) is 8.33. The van der Waals surface area contributed by atoms with Crippen molar-refractivity contribution in [1.29, 1.82) is 0 Å². The number of aliphatic carboxylic acids is 1. The number of rotatable bonds is 5. The minimum absolute atomic E-state index is 0.0996. The van der Waals surface area contributed by atoms with Crippen molar-refractivity contribution in [2.45, 2.75) is 44.6 Å². The Labute approximate surface area is 150 Å². The summed E-state index contributed by atoms with van der Waals surface area (Å²) >= 11 is 0. The second kappa shape index (κ2) is 6.07. The lowest BCUT2D eigenvalue weighted by molar-refractivity contribution is -0.384. The summed E-state index contributed by atoms with van der Waals surface area (Å²) in [4.78, 5) is 34.8. The summed E-state index contributed by atoms with van der Waals surface area (Å²) in [6.45, 7) is 0. The van der Waals surface area contributed by atoms with E-state index in [-0.39, 0.29) is 16.7 Å². The van der Waals surface area contributed by atoms with E-state index in [2.05, 4.69) is 5.32 Å². The SMILES string of the molecule is O=C(NC(C(=O)O)C12CC3CC(CC(C3)C1)C2)c1ccc([N+](=O)[O-])cc1. The number of carboxylic acids is 1. The molecule has 7 nitrogen and oxygen atoms in total. The molecule has 138 valence electrons. The smallest absolute Gasteiger partial charge is 0.326 e. The molecule has 4 aliphatic carbocycles. The summed E-state index contributed by atoms with van der Waals surface area (Å²) in [5.74, 6) is 0.281. The highest BCUT2D eigenvalue weighted by molar-refractivity contribution is 5.97. The fraction of sp³-hybridized carbons (Fsp3) is 0.579. The van der Waals surface area contributed by atoms with Crippen LogP contribution in [0.3, 0.4) is 0 Å². The Balaban J connectivity index is 1.55. The molecule has 0 saturated heterocycles. The molecule has 0 heterocycles. The van der Waals surface area contributed by atoms with E-state index < -0.39 is 22.8 Å². The second-order valence-corrected chi connectivity index (χ2v) is 8.33. The molecule has 26 heavy (non-hydrogen) atoms. The van der Waals surface area contributed by atoms with Gasteiger partial charge in [-0.3, -0.25) is 14.9 Å². The van der Waals surface area contributed by atoms with E-state index in [0.29, 0.717) is 17.8 Å². The predicted molar refractivity (Wildman–Crippen MR) is 92.6 cm³/mol. The van der Waals surface area contributed by atoms with Gasteiger partial charge in [0.15, 0.2) is 0 Å². The van der Waals surface area contributed by atoms with Gasteiger partial charge in [0.2, 0.25) is 0 Å². The van der Waals surface area contributed by atoms with Crippen LogP contribution in [0.1, 0.15) is 48.9 Å². The summed E-state index contributed by atoms with van der Waals surface area (Å²) in [5.41, 5.74) is -0.208. The zero-order chi connectivity index (χ0) is 18.5. The first-order valence-corrected chi connectivity index (χ1v) is 9.14. The molecular formula is C19H22N2O5. The normalized spacial score (nSPS) is 32.8. The van der Waals surface area contributed by atoms with E-state index in [4.69, 9.17) is 0 Å². The zero-order valence-corrected chi connectivity index (χ0v) is 14.4. The fourth-order valence-corrected chi connectivity index (χ4v) is 5.96. The molecule has 0 aliphatic heterocycles. The van der Waals surface area contributed by atoms with Gasteiger partial charge in [0.05, 0.1) is 4.92 Å². The number of amides is 1. The Kier molecular flexibility index (Phi) is 3.97. The van der Waals surface area contributed by atoms with Crippen molar-refractivity contribution in [3.05, 3.63) is 39.9 Å². The topological polar surface area (TPSA) is 110 Å². The molecule has 1 aromatic rings. The van der Waals surface area contributed by atoms with Crippen LogP contribution in [0, 0.1) is 33.3 Å². The summed E-state index contributed by atoms with van der Waals surface area (Å²) in [6.07, 6.45) is 6.20. The van der Waals surface area contributed by atoms with Gasteiger partial charge in [-0.05, 0) is 68.4 Å². The summed E-state index contributed by atoms with van der Waals surface area (Å²) in [7, 11) is 0. The molecule has 0 aromatic heterocycles. The van der Waals surface area contributed by atoms with Gasteiger partial charge in [-0.2, -0.15) is 0 Å². The number of carbonyl (C=O) groups is 2. The van der Waals surface area contributed by atoms with Crippen LogP contribution in [0.2, 0.25) is 0 Å². The molecule has 7 heteroatoms. The number of nitrogens with zero attached hydrogens (tertiary/aromatic N) is 1. The standard InChI is InChI=1S/C19H22N2O5/c22-17(14-1-3-15(4-2-14)21(25)26)20-16(18(23)24)19-8-11-5-12(9-19)7-13(6-11)10-19/h1-4,11-13,16H,5-10H2,(H,20,22)(H,23,24). The molecule has 1 atom stereocenters. The van der Waals surface area contributed by atoms with E-state index in [9.17, 15) is 24.8 Å². The van der Waals surface area contributed by atoms with Gasteiger partial charge < -0.3 is 10.4 Å². The van der Waals surface area contributed by atoms with Crippen LogP contribution in [0.15, 0.2) is 24.3 Å². The first-order chi connectivity index (χ1) is 12.4.